The lowest BCUT2D eigenvalue weighted by Crippen LogP contribution is -2.36. The summed E-state index contributed by atoms with van der Waals surface area (Å²) in [5.41, 5.74) is 8.44. The van der Waals surface area contributed by atoms with Gasteiger partial charge in [0.2, 0.25) is 0 Å². The van der Waals surface area contributed by atoms with Crippen LogP contribution in [0.1, 0.15) is 21.5 Å². The van der Waals surface area contributed by atoms with Crippen LogP contribution in [0.15, 0.2) is 42.7 Å². The van der Waals surface area contributed by atoms with Gasteiger partial charge in [-0.1, -0.05) is 12.1 Å². The fourth-order valence-electron chi connectivity index (χ4n) is 2.15. The van der Waals surface area contributed by atoms with Gasteiger partial charge in [0, 0.05) is 25.4 Å². The number of hydrazine groups is 1. The molecule has 0 atom stereocenters. The van der Waals surface area contributed by atoms with E-state index in [4.69, 9.17) is 4.74 Å². The molecule has 0 radical (unpaired) electrons. The predicted molar refractivity (Wildman–Crippen MR) is 74.2 cm³/mol. The van der Waals surface area contributed by atoms with Gasteiger partial charge in [0.1, 0.15) is 5.75 Å². The molecule has 1 amide bonds. The average Bonchev–Trinajstić information content (AvgIpc) is 2.95. The Morgan fingerprint density at radius 1 is 1.35 bits per heavy atom. The third kappa shape index (κ3) is 2.78. The van der Waals surface area contributed by atoms with Crippen molar-refractivity contribution in [3.8, 4) is 5.75 Å². The lowest BCUT2D eigenvalue weighted by atomic mass is 10.1. The van der Waals surface area contributed by atoms with Crippen LogP contribution >= 0.6 is 0 Å². The van der Waals surface area contributed by atoms with E-state index in [1.165, 1.54) is 11.8 Å². The van der Waals surface area contributed by atoms with Crippen molar-refractivity contribution in [1.29, 1.82) is 0 Å². The SMILES string of the molecule is O=C(NNCc1ccc2c(c1)CCO2)c1cccnc1. The first-order valence-electron chi connectivity index (χ1n) is 6.51. The zero-order chi connectivity index (χ0) is 13.8. The van der Waals surface area contributed by atoms with Crippen LogP contribution in [-0.4, -0.2) is 17.5 Å². The zero-order valence-electron chi connectivity index (χ0n) is 10.9. The molecule has 0 fully saturated rings. The number of pyridine rings is 1. The molecule has 0 spiro atoms. The summed E-state index contributed by atoms with van der Waals surface area (Å²) in [6.45, 7) is 1.32. The lowest BCUT2D eigenvalue weighted by molar-refractivity contribution is 0.0932. The average molecular weight is 269 g/mol. The number of hydrogen-bond acceptors (Lipinski definition) is 4. The minimum atomic E-state index is -0.192. The van der Waals surface area contributed by atoms with E-state index in [2.05, 4.69) is 21.9 Å². The standard InChI is InChI=1S/C15H15N3O2/c19-15(13-2-1-6-16-10-13)18-17-9-11-3-4-14-12(8-11)5-7-20-14/h1-4,6,8,10,17H,5,7,9H2,(H,18,19). The molecule has 1 aromatic heterocycles. The highest BCUT2D eigenvalue weighted by atomic mass is 16.5. The molecule has 3 rings (SSSR count). The van der Waals surface area contributed by atoms with Crippen LogP contribution in [0.2, 0.25) is 0 Å². The number of hydrogen-bond donors (Lipinski definition) is 2. The maximum Gasteiger partial charge on any atom is 0.266 e. The molecular formula is C15H15N3O2. The van der Waals surface area contributed by atoms with E-state index in [0.29, 0.717) is 12.1 Å². The third-order valence-electron chi connectivity index (χ3n) is 3.17. The van der Waals surface area contributed by atoms with E-state index in [1.54, 1.807) is 18.3 Å². The van der Waals surface area contributed by atoms with Crippen LogP contribution in [0.3, 0.4) is 0 Å². The molecule has 20 heavy (non-hydrogen) atoms. The first-order chi connectivity index (χ1) is 9.83. The van der Waals surface area contributed by atoms with Crippen molar-refractivity contribution in [2.24, 2.45) is 0 Å². The van der Waals surface area contributed by atoms with Gasteiger partial charge < -0.3 is 4.74 Å². The van der Waals surface area contributed by atoms with Crippen LogP contribution in [0, 0.1) is 0 Å². The van der Waals surface area contributed by atoms with Gasteiger partial charge in [-0.25, -0.2) is 5.43 Å². The topological polar surface area (TPSA) is 63.2 Å². The van der Waals surface area contributed by atoms with Crippen molar-refractivity contribution in [3.63, 3.8) is 0 Å². The van der Waals surface area contributed by atoms with Crippen LogP contribution < -0.4 is 15.6 Å². The van der Waals surface area contributed by atoms with E-state index >= 15 is 0 Å². The first-order valence-corrected chi connectivity index (χ1v) is 6.51. The van der Waals surface area contributed by atoms with E-state index in [9.17, 15) is 4.79 Å². The molecule has 5 heteroatoms. The highest BCUT2D eigenvalue weighted by Gasteiger charge is 2.11. The lowest BCUT2D eigenvalue weighted by Gasteiger charge is -2.08. The fourth-order valence-corrected chi connectivity index (χ4v) is 2.15. The molecule has 0 unspecified atom stereocenters. The van der Waals surface area contributed by atoms with Gasteiger partial charge in [0.15, 0.2) is 0 Å². The molecule has 2 N–H and O–H groups in total. The quantitative estimate of drug-likeness (QED) is 0.825. The van der Waals surface area contributed by atoms with Crippen LogP contribution in [0.5, 0.6) is 5.75 Å². The number of amides is 1. The number of ether oxygens (including phenoxy) is 1. The monoisotopic (exact) mass is 269 g/mol. The molecule has 0 aliphatic carbocycles. The Labute approximate surface area is 117 Å². The summed E-state index contributed by atoms with van der Waals surface area (Å²) in [6.07, 6.45) is 4.12. The molecule has 0 bridgehead atoms. The minimum Gasteiger partial charge on any atom is -0.493 e. The summed E-state index contributed by atoms with van der Waals surface area (Å²) in [5.74, 6) is 0.774. The number of nitrogens with zero attached hydrogens (tertiary/aromatic N) is 1. The van der Waals surface area contributed by atoms with Crippen molar-refractivity contribution >= 4 is 5.91 Å². The molecular weight excluding hydrogens is 254 g/mol. The van der Waals surface area contributed by atoms with E-state index < -0.39 is 0 Å². The van der Waals surface area contributed by atoms with Crippen molar-refractivity contribution in [2.45, 2.75) is 13.0 Å². The molecule has 0 saturated heterocycles. The van der Waals surface area contributed by atoms with Gasteiger partial charge in [-0.05, 0) is 29.3 Å². The number of aromatic nitrogens is 1. The maximum absolute atomic E-state index is 11.8. The van der Waals surface area contributed by atoms with Gasteiger partial charge in [-0.2, -0.15) is 0 Å². The van der Waals surface area contributed by atoms with Crippen LogP contribution in [0.25, 0.3) is 0 Å². The van der Waals surface area contributed by atoms with Crippen molar-refractivity contribution in [2.75, 3.05) is 6.61 Å². The Bertz CT molecular complexity index is 614. The highest BCUT2D eigenvalue weighted by Crippen LogP contribution is 2.25. The second kappa shape index (κ2) is 5.71. The maximum atomic E-state index is 11.8. The zero-order valence-corrected chi connectivity index (χ0v) is 10.9. The molecule has 2 heterocycles. The van der Waals surface area contributed by atoms with E-state index in [-0.39, 0.29) is 5.91 Å². The van der Waals surface area contributed by atoms with Crippen molar-refractivity contribution in [3.05, 3.63) is 59.4 Å². The molecule has 0 saturated carbocycles. The summed E-state index contributed by atoms with van der Waals surface area (Å²) in [5, 5.41) is 0. The number of rotatable bonds is 4. The number of fused-ring (bicyclic) bond motifs is 1. The fraction of sp³-hybridized carbons (Fsp3) is 0.200. The summed E-state index contributed by atoms with van der Waals surface area (Å²) in [4.78, 5) is 15.7. The number of nitrogens with one attached hydrogen (secondary N) is 2. The predicted octanol–water partition coefficient (Wildman–Crippen LogP) is 1.45. The Kier molecular flexibility index (Phi) is 3.60. The van der Waals surface area contributed by atoms with Gasteiger partial charge in [0.25, 0.3) is 5.91 Å². The molecule has 1 aliphatic heterocycles. The highest BCUT2D eigenvalue weighted by molar-refractivity contribution is 5.93. The largest absolute Gasteiger partial charge is 0.493 e. The van der Waals surface area contributed by atoms with Crippen molar-refractivity contribution in [1.82, 2.24) is 15.8 Å². The second-order valence-electron chi connectivity index (χ2n) is 4.59. The Morgan fingerprint density at radius 3 is 3.15 bits per heavy atom. The van der Waals surface area contributed by atoms with Crippen LogP contribution in [0.4, 0.5) is 0 Å². The van der Waals surface area contributed by atoms with Crippen molar-refractivity contribution < 1.29 is 9.53 Å². The third-order valence-corrected chi connectivity index (χ3v) is 3.17. The normalized spacial score (nSPS) is 12.6. The van der Waals surface area contributed by atoms with Gasteiger partial charge >= 0.3 is 0 Å². The number of carbonyl (C=O) groups excluding carboxylic acids is 1. The Hall–Kier alpha value is -2.40. The Morgan fingerprint density at radius 2 is 2.30 bits per heavy atom. The first kappa shape index (κ1) is 12.6. The molecule has 5 nitrogen and oxygen atoms in total. The summed E-state index contributed by atoms with van der Waals surface area (Å²) in [6, 6.07) is 9.52. The Balaban J connectivity index is 1.54. The summed E-state index contributed by atoms with van der Waals surface area (Å²) < 4.78 is 5.46. The second-order valence-corrected chi connectivity index (χ2v) is 4.59. The molecule has 1 aliphatic rings. The van der Waals surface area contributed by atoms with Gasteiger partial charge in [0.05, 0.1) is 12.2 Å². The number of carbonyl (C=O) groups is 1. The molecule has 2 aromatic rings. The van der Waals surface area contributed by atoms with Gasteiger partial charge in [-0.3, -0.25) is 15.2 Å². The van der Waals surface area contributed by atoms with E-state index in [1.807, 2.05) is 12.1 Å². The number of benzene rings is 1. The molecule has 1 aromatic carbocycles. The summed E-state index contributed by atoms with van der Waals surface area (Å²) >= 11 is 0. The smallest absolute Gasteiger partial charge is 0.266 e. The summed E-state index contributed by atoms with van der Waals surface area (Å²) in [7, 11) is 0. The molecule has 102 valence electrons. The van der Waals surface area contributed by atoms with Crippen LogP contribution in [-0.2, 0) is 13.0 Å². The minimum absolute atomic E-state index is 0.192. The van der Waals surface area contributed by atoms with E-state index in [0.717, 1.165) is 24.3 Å². The van der Waals surface area contributed by atoms with Gasteiger partial charge in [-0.15, -0.1) is 0 Å².